The smallest absolute Gasteiger partial charge is 0.240 e. The van der Waals surface area contributed by atoms with Gasteiger partial charge in [0.15, 0.2) is 0 Å². The number of aromatic nitrogens is 2. The van der Waals surface area contributed by atoms with Crippen molar-refractivity contribution in [3.63, 3.8) is 0 Å². The van der Waals surface area contributed by atoms with Crippen molar-refractivity contribution in [1.29, 1.82) is 0 Å². The maximum atomic E-state index is 5.61. The molecule has 6 nitrogen and oxygen atoms in total. The number of nitrogens with zero attached hydrogens (tertiary/aromatic N) is 3. The van der Waals surface area contributed by atoms with E-state index in [1.54, 1.807) is 0 Å². The Morgan fingerprint density at radius 1 is 1.56 bits per heavy atom. The standard InChI is InChI=1S/C10H18N4O2/c1-3-11-6-9-12-10(13-16-9)8-7-14(2)4-5-15-8/h8,11H,3-7H2,1-2H3. The Morgan fingerprint density at radius 2 is 2.44 bits per heavy atom. The molecule has 1 fully saturated rings. The van der Waals surface area contributed by atoms with E-state index in [-0.39, 0.29) is 6.10 Å². The predicted molar refractivity (Wildman–Crippen MR) is 57.9 cm³/mol. The summed E-state index contributed by atoms with van der Waals surface area (Å²) in [6.45, 7) is 6.04. The summed E-state index contributed by atoms with van der Waals surface area (Å²) in [7, 11) is 2.06. The number of hydrogen-bond donors (Lipinski definition) is 1. The van der Waals surface area contributed by atoms with Crippen molar-refractivity contribution in [2.24, 2.45) is 0 Å². The molecular formula is C10H18N4O2. The van der Waals surface area contributed by atoms with Crippen molar-refractivity contribution < 1.29 is 9.26 Å². The first-order valence-electron chi connectivity index (χ1n) is 5.63. The third-order valence-corrected chi connectivity index (χ3v) is 2.57. The summed E-state index contributed by atoms with van der Waals surface area (Å²) in [5.41, 5.74) is 0. The molecule has 2 rings (SSSR count). The normalized spacial score (nSPS) is 22.5. The topological polar surface area (TPSA) is 63.4 Å². The Balaban J connectivity index is 1.95. The average molecular weight is 226 g/mol. The van der Waals surface area contributed by atoms with Crippen LogP contribution in [0.2, 0.25) is 0 Å². The lowest BCUT2D eigenvalue weighted by Gasteiger charge is -2.27. The summed E-state index contributed by atoms with van der Waals surface area (Å²) in [6, 6.07) is 0. The molecule has 1 N–H and O–H groups in total. The molecule has 90 valence electrons. The minimum Gasteiger partial charge on any atom is -0.367 e. The zero-order valence-electron chi connectivity index (χ0n) is 9.77. The molecule has 16 heavy (non-hydrogen) atoms. The van der Waals surface area contributed by atoms with E-state index in [2.05, 4.69) is 27.4 Å². The van der Waals surface area contributed by atoms with Crippen LogP contribution in [0, 0.1) is 0 Å². The Labute approximate surface area is 95.0 Å². The number of morpholine rings is 1. The van der Waals surface area contributed by atoms with Gasteiger partial charge in [-0.2, -0.15) is 4.98 Å². The fourth-order valence-electron chi connectivity index (χ4n) is 1.64. The van der Waals surface area contributed by atoms with E-state index in [0.717, 1.165) is 26.2 Å². The van der Waals surface area contributed by atoms with Gasteiger partial charge in [-0.05, 0) is 13.6 Å². The quantitative estimate of drug-likeness (QED) is 0.790. The van der Waals surface area contributed by atoms with Crippen LogP contribution in [0.15, 0.2) is 4.52 Å². The molecule has 0 bridgehead atoms. The summed E-state index contributed by atoms with van der Waals surface area (Å²) in [5.74, 6) is 1.27. The van der Waals surface area contributed by atoms with Gasteiger partial charge < -0.3 is 19.5 Å². The highest BCUT2D eigenvalue weighted by molar-refractivity contribution is 4.93. The lowest BCUT2D eigenvalue weighted by Crippen LogP contribution is -2.35. The van der Waals surface area contributed by atoms with Gasteiger partial charge in [-0.25, -0.2) is 0 Å². The molecule has 1 aliphatic heterocycles. The molecule has 6 heteroatoms. The van der Waals surface area contributed by atoms with E-state index in [0.29, 0.717) is 18.3 Å². The van der Waals surface area contributed by atoms with E-state index in [1.165, 1.54) is 0 Å². The third-order valence-electron chi connectivity index (χ3n) is 2.57. The van der Waals surface area contributed by atoms with Gasteiger partial charge in [0, 0.05) is 13.1 Å². The number of ether oxygens (including phenoxy) is 1. The molecule has 0 saturated carbocycles. The first-order valence-corrected chi connectivity index (χ1v) is 5.63. The second-order valence-corrected chi connectivity index (χ2v) is 3.95. The van der Waals surface area contributed by atoms with Crippen molar-refractivity contribution in [1.82, 2.24) is 20.4 Å². The van der Waals surface area contributed by atoms with Crippen molar-refractivity contribution >= 4 is 0 Å². The van der Waals surface area contributed by atoms with Crippen LogP contribution in [0.4, 0.5) is 0 Å². The van der Waals surface area contributed by atoms with Crippen LogP contribution in [-0.2, 0) is 11.3 Å². The van der Waals surface area contributed by atoms with Crippen LogP contribution in [0.1, 0.15) is 24.7 Å². The van der Waals surface area contributed by atoms with Gasteiger partial charge in [0.25, 0.3) is 0 Å². The van der Waals surface area contributed by atoms with Crippen molar-refractivity contribution in [3.8, 4) is 0 Å². The highest BCUT2D eigenvalue weighted by Crippen LogP contribution is 2.18. The minimum absolute atomic E-state index is 0.0575. The molecule has 0 radical (unpaired) electrons. The van der Waals surface area contributed by atoms with Gasteiger partial charge in [-0.3, -0.25) is 0 Å². The molecular weight excluding hydrogens is 208 g/mol. The van der Waals surface area contributed by atoms with Gasteiger partial charge in [0.05, 0.1) is 13.2 Å². The maximum absolute atomic E-state index is 5.61. The molecule has 0 aliphatic carbocycles. The Kier molecular flexibility index (Phi) is 3.87. The summed E-state index contributed by atoms with van der Waals surface area (Å²) in [6.07, 6.45) is -0.0575. The van der Waals surface area contributed by atoms with Crippen LogP contribution in [0.25, 0.3) is 0 Å². The number of nitrogens with one attached hydrogen (secondary N) is 1. The molecule has 1 aromatic rings. The zero-order valence-corrected chi connectivity index (χ0v) is 9.77. The molecule has 1 saturated heterocycles. The van der Waals surface area contributed by atoms with E-state index in [4.69, 9.17) is 9.26 Å². The SMILES string of the molecule is CCNCc1nc(C2CN(C)CCO2)no1. The van der Waals surface area contributed by atoms with Gasteiger partial charge >= 0.3 is 0 Å². The summed E-state index contributed by atoms with van der Waals surface area (Å²) in [4.78, 5) is 6.52. The second-order valence-electron chi connectivity index (χ2n) is 3.95. The molecule has 1 aromatic heterocycles. The molecule has 1 aliphatic rings. The Hall–Kier alpha value is -0.980. The van der Waals surface area contributed by atoms with E-state index in [1.807, 2.05) is 6.92 Å². The van der Waals surface area contributed by atoms with Crippen LogP contribution in [0.3, 0.4) is 0 Å². The van der Waals surface area contributed by atoms with Crippen molar-refractivity contribution in [3.05, 3.63) is 11.7 Å². The zero-order chi connectivity index (χ0) is 11.4. The molecule has 0 spiro atoms. The Bertz CT molecular complexity index is 328. The molecule has 0 aromatic carbocycles. The molecule has 1 unspecified atom stereocenters. The van der Waals surface area contributed by atoms with Gasteiger partial charge in [0.1, 0.15) is 6.10 Å². The second kappa shape index (κ2) is 5.38. The van der Waals surface area contributed by atoms with Crippen LogP contribution >= 0.6 is 0 Å². The van der Waals surface area contributed by atoms with Crippen LogP contribution < -0.4 is 5.32 Å². The van der Waals surface area contributed by atoms with Crippen molar-refractivity contribution in [2.45, 2.75) is 19.6 Å². The summed E-state index contributed by atoms with van der Waals surface area (Å²) in [5, 5.41) is 7.09. The van der Waals surface area contributed by atoms with E-state index < -0.39 is 0 Å². The molecule has 1 atom stereocenters. The fraction of sp³-hybridized carbons (Fsp3) is 0.800. The first kappa shape index (κ1) is 11.5. The lowest BCUT2D eigenvalue weighted by atomic mass is 10.3. The predicted octanol–water partition coefficient (Wildman–Crippen LogP) is 0.182. The Morgan fingerprint density at radius 3 is 3.19 bits per heavy atom. The van der Waals surface area contributed by atoms with Crippen molar-refractivity contribution in [2.75, 3.05) is 33.3 Å². The van der Waals surface area contributed by atoms with Crippen LogP contribution in [-0.4, -0.2) is 48.3 Å². The highest BCUT2D eigenvalue weighted by Gasteiger charge is 2.24. The highest BCUT2D eigenvalue weighted by atomic mass is 16.5. The van der Waals surface area contributed by atoms with E-state index >= 15 is 0 Å². The number of likely N-dealkylation sites (N-methyl/N-ethyl adjacent to an activating group) is 1. The maximum Gasteiger partial charge on any atom is 0.240 e. The summed E-state index contributed by atoms with van der Waals surface area (Å²) >= 11 is 0. The molecule has 2 heterocycles. The van der Waals surface area contributed by atoms with Gasteiger partial charge in [0.2, 0.25) is 11.7 Å². The minimum atomic E-state index is -0.0575. The number of hydrogen-bond acceptors (Lipinski definition) is 6. The first-order chi connectivity index (χ1) is 7.79. The van der Waals surface area contributed by atoms with Gasteiger partial charge in [-0.1, -0.05) is 12.1 Å². The monoisotopic (exact) mass is 226 g/mol. The fourth-order valence-corrected chi connectivity index (χ4v) is 1.64. The molecule has 0 amide bonds. The average Bonchev–Trinajstić information content (AvgIpc) is 2.75. The number of rotatable bonds is 4. The lowest BCUT2D eigenvalue weighted by molar-refractivity contribution is -0.0264. The summed E-state index contributed by atoms with van der Waals surface area (Å²) < 4.78 is 10.7. The van der Waals surface area contributed by atoms with E-state index in [9.17, 15) is 0 Å². The third kappa shape index (κ3) is 2.78. The largest absolute Gasteiger partial charge is 0.367 e. The van der Waals surface area contributed by atoms with Crippen LogP contribution in [0.5, 0.6) is 0 Å². The van der Waals surface area contributed by atoms with Gasteiger partial charge in [-0.15, -0.1) is 0 Å².